The molecule has 5 heteroatoms. The second-order valence-electron chi connectivity index (χ2n) is 3.67. The average molecular weight is 306 g/mol. The Morgan fingerprint density at radius 2 is 2.39 bits per heavy atom. The van der Waals surface area contributed by atoms with E-state index in [-0.39, 0.29) is 5.91 Å². The van der Waals surface area contributed by atoms with Crippen LogP contribution in [0.3, 0.4) is 0 Å². The van der Waals surface area contributed by atoms with Crippen LogP contribution in [0.4, 0.5) is 0 Å². The molecule has 1 aromatic heterocycles. The molecule has 2 rings (SSSR count). The SMILES string of the molecule is C=CCNC(=O)c1cn[nH]c1-c1cccc(Br)c1. The lowest BCUT2D eigenvalue weighted by atomic mass is 10.1. The molecule has 0 atom stereocenters. The van der Waals surface area contributed by atoms with E-state index in [0.29, 0.717) is 17.8 Å². The lowest BCUT2D eigenvalue weighted by Gasteiger charge is -2.04. The topological polar surface area (TPSA) is 57.8 Å². The maximum Gasteiger partial charge on any atom is 0.255 e. The molecule has 2 N–H and O–H groups in total. The minimum absolute atomic E-state index is 0.168. The Balaban J connectivity index is 2.33. The molecular weight excluding hydrogens is 294 g/mol. The number of hydrogen-bond acceptors (Lipinski definition) is 2. The van der Waals surface area contributed by atoms with E-state index in [2.05, 4.69) is 38.0 Å². The van der Waals surface area contributed by atoms with Gasteiger partial charge in [-0.05, 0) is 12.1 Å². The number of nitrogens with one attached hydrogen (secondary N) is 2. The minimum atomic E-state index is -0.168. The monoisotopic (exact) mass is 305 g/mol. The molecule has 0 fully saturated rings. The predicted molar refractivity (Wildman–Crippen MR) is 74.3 cm³/mol. The Hall–Kier alpha value is -1.88. The van der Waals surface area contributed by atoms with Crippen LogP contribution in [0.5, 0.6) is 0 Å². The Bertz CT molecular complexity index is 577. The fourth-order valence-electron chi connectivity index (χ4n) is 1.58. The second-order valence-corrected chi connectivity index (χ2v) is 4.58. The van der Waals surface area contributed by atoms with Crippen molar-refractivity contribution in [3.05, 3.63) is 53.2 Å². The molecule has 92 valence electrons. The van der Waals surface area contributed by atoms with Crippen LogP contribution in [0.1, 0.15) is 10.4 Å². The van der Waals surface area contributed by atoms with Crippen molar-refractivity contribution >= 4 is 21.8 Å². The van der Waals surface area contributed by atoms with Crippen molar-refractivity contribution in [2.75, 3.05) is 6.54 Å². The fraction of sp³-hybridized carbons (Fsp3) is 0.0769. The standard InChI is InChI=1S/C13H12BrN3O/c1-2-6-15-13(18)11-8-16-17-12(11)9-4-3-5-10(14)7-9/h2-5,7-8H,1,6H2,(H,15,18)(H,16,17). The summed E-state index contributed by atoms with van der Waals surface area (Å²) in [7, 11) is 0. The van der Waals surface area contributed by atoms with Gasteiger partial charge in [-0.2, -0.15) is 5.10 Å². The van der Waals surface area contributed by atoms with Crippen molar-refractivity contribution in [3.63, 3.8) is 0 Å². The summed E-state index contributed by atoms with van der Waals surface area (Å²) >= 11 is 3.40. The van der Waals surface area contributed by atoms with Crippen LogP contribution in [0.25, 0.3) is 11.3 Å². The number of carbonyl (C=O) groups is 1. The van der Waals surface area contributed by atoms with Crippen LogP contribution >= 0.6 is 15.9 Å². The number of H-pyrrole nitrogens is 1. The predicted octanol–water partition coefficient (Wildman–Crippen LogP) is 2.76. The van der Waals surface area contributed by atoms with E-state index in [1.54, 1.807) is 6.08 Å². The van der Waals surface area contributed by atoms with Gasteiger partial charge in [-0.15, -0.1) is 6.58 Å². The van der Waals surface area contributed by atoms with Gasteiger partial charge >= 0.3 is 0 Å². The third-order valence-corrected chi connectivity index (χ3v) is 2.90. The first-order valence-electron chi connectivity index (χ1n) is 5.41. The maximum absolute atomic E-state index is 11.9. The van der Waals surface area contributed by atoms with Crippen molar-refractivity contribution in [1.82, 2.24) is 15.5 Å². The van der Waals surface area contributed by atoms with E-state index in [1.807, 2.05) is 24.3 Å². The van der Waals surface area contributed by atoms with E-state index in [9.17, 15) is 4.79 Å². The third kappa shape index (κ3) is 2.68. The van der Waals surface area contributed by atoms with E-state index >= 15 is 0 Å². The molecule has 0 spiro atoms. The molecule has 0 bridgehead atoms. The number of rotatable bonds is 4. The number of benzene rings is 1. The van der Waals surface area contributed by atoms with Crippen molar-refractivity contribution < 1.29 is 4.79 Å². The first kappa shape index (κ1) is 12.6. The lowest BCUT2D eigenvalue weighted by molar-refractivity contribution is 0.0958. The molecule has 0 saturated carbocycles. The van der Waals surface area contributed by atoms with Gasteiger partial charge in [0.25, 0.3) is 5.91 Å². The largest absolute Gasteiger partial charge is 0.348 e. The first-order valence-corrected chi connectivity index (χ1v) is 6.20. The normalized spacial score (nSPS) is 10.1. The van der Waals surface area contributed by atoms with Crippen LogP contribution in [0.15, 0.2) is 47.6 Å². The number of aromatic amines is 1. The number of aromatic nitrogens is 2. The Morgan fingerprint density at radius 3 is 3.11 bits per heavy atom. The van der Waals surface area contributed by atoms with Gasteiger partial charge in [-0.1, -0.05) is 34.1 Å². The molecule has 18 heavy (non-hydrogen) atoms. The summed E-state index contributed by atoms with van der Waals surface area (Å²) in [6.45, 7) is 3.99. The van der Waals surface area contributed by atoms with E-state index in [4.69, 9.17) is 0 Å². The van der Waals surface area contributed by atoms with Gasteiger partial charge in [-0.3, -0.25) is 9.89 Å². The van der Waals surface area contributed by atoms with E-state index < -0.39 is 0 Å². The van der Waals surface area contributed by atoms with Crippen LogP contribution in [-0.4, -0.2) is 22.6 Å². The van der Waals surface area contributed by atoms with Crippen LogP contribution < -0.4 is 5.32 Å². The van der Waals surface area contributed by atoms with Crippen molar-refractivity contribution in [1.29, 1.82) is 0 Å². The van der Waals surface area contributed by atoms with Crippen LogP contribution in [0, 0.1) is 0 Å². The molecule has 0 aliphatic rings. The summed E-state index contributed by atoms with van der Waals surface area (Å²) in [5.41, 5.74) is 2.14. The zero-order valence-electron chi connectivity index (χ0n) is 9.61. The van der Waals surface area contributed by atoms with Crippen molar-refractivity contribution in [2.24, 2.45) is 0 Å². The molecule has 0 aliphatic carbocycles. The quantitative estimate of drug-likeness (QED) is 0.853. The molecule has 1 amide bonds. The Morgan fingerprint density at radius 1 is 1.56 bits per heavy atom. The van der Waals surface area contributed by atoms with Gasteiger partial charge < -0.3 is 5.32 Å². The van der Waals surface area contributed by atoms with Gasteiger partial charge in [0.1, 0.15) is 0 Å². The highest BCUT2D eigenvalue weighted by Gasteiger charge is 2.14. The van der Waals surface area contributed by atoms with Gasteiger partial charge in [0.2, 0.25) is 0 Å². The lowest BCUT2D eigenvalue weighted by Crippen LogP contribution is -2.23. The number of halogens is 1. The second kappa shape index (κ2) is 5.64. The molecule has 1 heterocycles. The summed E-state index contributed by atoms with van der Waals surface area (Å²) in [6, 6.07) is 7.68. The van der Waals surface area contributed by atoms with Crippen molar-refractivity contribution in [2.45, 2.75) is 0 Å². The third-order valence-electron chi connectivity index (χ3n) is 2.40. The molecule has 0 aliphatic heterocycles. The summed E-state index contributed by atoms with van der Waals surface area (Å²) in [4.78, 5) is 11.9. The summed E-state index contributed by atoms with van der Waals surface area (Å²) in [5, 5.41) is 9.51. The van der Waals surface area contributed by atoms with Gasteiger partial charge in [0.15, 0.2) is 0 Å². The highest BCUT2D eigenvalue weighted by Crippen LogP contribution is 2.24. The molecule has 0 radical (unpaired) electrons. The summed E-state index contributed by atoms with van der Waals surface area (Å²) in [5.74, 6) is -0.168. The summed E-state index contributed by atoms with van der Waals surface area (Å²) in [6.07, 6.45) is 3.16. The highest BCUT2D eigenvalue weighted by atomic mass is 79.9. The first-order chi connectivity index (χ1) is 8.72. The van der Waals surface area contributed by atoms with E-state index in [1.165, 1.54) is 6.20 Å². The molecular formula is C13H12BrN3O. The zero-order chi connectivity index (χ0) is 13.0. The van der Waals surface area contributed by atoms with Crippen LogP contribution in [-0.2, 0) is 0 Å². The molecule has 2 aromatic rings. The van der Waals surface area contributed by atoms with Crippen LogP contribution in [0.2, 0.25) is 0 Å². The smallest absolute Gasteiger partial charge is 0.255 e. The fourth-order valence-corrected chi connectivity index (χ4v) is 1.98. The Kier molecular flexibility index (Phi) is 3.94. The minimum Gasteiger partial charge on any atom is -0.348 e. The van der Waals surface area contributed by atoms with Gasteiger partial charge in [0.05, 0.1) is 17.5 Å². The number of nitrogens with zero attached hydrogens (tertiary/aromatic N) is 1. The molecule has 0 saturated heterocycles. The molecule has 4 nitrogen and oxygen atoms in total. The average Bonchev–Trinajstić information content (AvgIpc) is 2.85. The number of amides is 1. The van der Waals surface area contributed by atoms with Crippen molar-refractivity contribution in [3.8, 4) is 11.3 Å². The van der Waals surface area contributed by atoms with E-state index in [0.717, 1.165) is 10.0 Å². The number of carbonyl (C=O) groups excluding carboxylic acids is 1. The zero-order valence-corrected chi connectivity index (χ0v) is 11.2. The highest BCUT2D eigenvalue weighted by molar-refractivity contribution is 9.10. The molecule has 0 unspecified atom stereocenters. The summed E-state index contributed by atoms with van der Waals surface area (Å²) < 4.78 is 0.951. The molecule has 1 aromatic carbocycles. The van der Waals surface area contributed by atoms with Gasteiger partial charge in [0, 0.05) is 16.6 Å². The Labute approximate surface area is 113 Å². The maximum atomic E-state index is 11.9. The van der Waals surface area contributed by atoms with Gasteiger partial charge in [-0.25, -0.2) is 0 Å². The number of hydrogen-bond donors (Lipinski definition) is 2.